The molecule has 1 rings (SSSR count). The highest BCUT2D eigenvalue weighted by Gasteiger charge is 2.37. The van der Waals surface area contributed by atoms with Crippen LogP contribution in [0.4, 0.5) is 0 Å². The highest BCUT2D eigenvalue weighted by atomic mass is 35.5. The summed E-state index contributed by atoms with van der Waals surface area (Å²) in [6.07, 6.45) is 1.93. The SMILES string of the molecule is C=C(C)C(=O)OOCC[N+](C)(C)CC1CCC[N+]1=O.Cl. The van der Waals surface area contributed by atoms with Crippen molar-refractivity contribution in [1.82, 2.24) is 0 Å². The molecule has 0 saturated carbocycles. The summed E-state index contributed by atoms with van der Waals surface area (Å²) < 4.78 is 1.83. The molecule has 20 heavy (non-hydrogen) atoms. The Kier molecular flexibility index (Phi) is 7.93. The second-order valence-corrected chi connectivity index (χ2v) is 5.75. The first-order valence-electron chi connectivity index (χ1n) is 6.57. The van der Waals surface area contributed by atoms with Crippen molar-refractivity contribution in [3.8, 4) is 0 Å². The predicted octanol–water partition coefficient (Wildman–Crippen LogP) is 1.48. The zero-order valence-electron chi connectivity index (χ0n) is 12.5. The predicted molar refractivity (Wildman–Crippen MR) is 77.5 cm³/mol. The van der Waals surface area contributed by atoms with E-state index in [1.54, 1.807) is 6.92 Å². The molecule has 1 atom stereocenters. The summed E-state index contributed by atoms with van der Waals surface area (Å²) in [5.74, 6) is -0.549. The van der Waals surface area contributed by atoms with Crippen molar-refractivity contribution >= 4 is 18.4 Å². The maximum absolute atomic E-state index is 11.5. The maximum Gasteiger partial charge on any atom is 0.368 e. The lowest BCUT2D eigenvalue weighted by Gasteiger charge is -2.29. The number of likely N-dealkylation sites (N-methyl/N-ethyl adjacent to an activating group) is 1. The Morgan fingerprint density at radius 1 is 1.45 bits per heavy atom. The van der Waals surface area contributed by atoms with Crippen LogP contribution in [0.1, 0.15) is 19.8 Å². The second kappa shape index (κ2) is 8.34. The van der Waals surface area contributed by atoms with Gasteiger partial charge in [-0.05, 0) is 6.92 Å². The number of halogens is 1. The third-order valence-electron chi connectivity index (χ3n) is 3.29. The Bertz CT molecular complexity index is 371. The molecule has 1 aliphatic rings. The van der Waals surface area contributed by atoms with Gasteiger partial charge in [0.15, 0.2) is 6.54 Å². The van der Waals surface area contributed by atoms with E-state index in [9.17, 15) is 9.70 Å². The summed E-state index contributed by atoms with van der Waals surface area (Å²) in [5, 5.41) is 0. The standard InChI is InChI=1S/C13H24N2O4.ClH/c1-11(2)13(16)19-18-9-8-15(3,4)10-12-6-5-7-14(12)17;/h12H,1,5-10H2,2-4H3;1H/q+2;. The lowest BCUT2D eigenvalue weighted by atomic mass is 10.2. The largest absolute Gasteiger partial charge is 0.368 e. The van der Waals surface area contributed by atoms with Crippen molar-refractivity contribution in [3.63, 3.8) is 0 Å². The van der Waals surface area contributed by atoms with E-state index in [4.69, 9.17) is 4.89 Å². The molecular formula is C13H25ClN2O4+2. The molecule has 0 aromatic heterocycles. The fraction of sp³-hybridized carbons (Fsp3) is 0.769. The Morgan fingerprint density at radius 3 is 2.60 bits per heavy atom. The van der Waals surface area contributed by atoms with E-state index in [2.05, 4.69) is 11.5 Å². The number of hydrogen-bond donors (Lipinski definition) is 0. The van der Waals surface area contributed by atoms with Gasteiger partial charge in [-0.3, -0.25) is 4.89 Å². The molecule has 1 fully saturated rings. The average Bonchev–Trinajstić information content (AvgIpc) is 2.69. The summed E-state index contributed by atoms with van der Waals surface area (Å²) in [6, 6.07) is 0.0907. The molecule has 0 aromatic rings. The van der Waals surface area contributed by atoms with E-state index >= 15 is 0 Å². The van der Waals surface area contributed by atoms with Gasteiger partial charge in [-0.2, -0.15) is 4.89 Å². The summed E-state index contributed by atoms with van der Waals surface area (Å²) in [5.41, 5.74) is 0.307. The number of hydrogen-bond acceptors (Lipinski definition) is 4. The van der Waals surface area contributed by atoms with Crippen molar-refractivity contribution in [2.45, 2.75) is 25.8 Å². The lowest BCUT2D eigenvalue weighted by molar-refractivity contribution is -0.903. The van der Waals surface area contributed by atoms with Crippen molar-refractivity contribution in [2.75, 3.05) is 40.3 Å². The number of nitroso groups, excluding NO2 is 1. The van der Waals surface area contributed by atoms with E-state index in [0.29, 0.717) is 29.8 Å². The highest BCUT2D eigenvalue weighted by Crippen LogP contribution is 2.14. The number of nitrogens with zero attached hydrogens (tertiary/aromatic N) is 2. The molecule has 0 N–H and O–H groups in total. The smallest absolute Gasteiger partial charge is 0.321 e. The molecule has 7 heteroatoms. The maximum atomic E-state index is 11.5. The van der Waals surface area contributed by atoms with Crippen LogP contribution in [0.25, 0.3) is 0 Å². The minimum atomic E-state index is -0.549. The summed E-state index contributed by atoms with van der Waals surface area (Å²) in [6.45, 7) is 7.42. The Labute approximate surface area is 126 Å². The number of rotatable bonds is 7. The van der Waals surface area contributed by atoms with Crippen LogP contribution in [0.2, 0.25) is 0 Å². The second-order valence-electron chi connectivity index (χ2n) is 5.75. The van der Waals surface area contributed by atoms with Gasteiger partial charge >= 0.3 is 5.97 Å². The molecule has 0 radical (unpaired) electrons. The van der Waals surface area contributed by atoms with E-state index in [-0.39, 0.29) is 18.4 Å². The van der Waals surface area contributed by atoms with Crippen LogP contribution in [0.15, 0.2) is 12.2 Å². The zero-order valence-corrected chi connectivity index (χ0v) is 13.3. The van der Waals surface area contributed by atoms with Gasteiger partial charge in [0.2, 0.25) is 6.04 Å². The minimum absolute atomic E-state index is 0. The van der Waals surface area contributed by atoms with E-state index < -0.39 is 5.97 Å². The molecule has 0 aliphatic carbocycles. The van der Waals surface area contributed by atoms with Crippen molar-refractivity contribution in [3.05, 3.63) is 17.1 Å². The van der Waals surface area contributed by atoms with Gasteiger partial charge < -0.3 is 4.48 Å². The zero-order chi connectivity index (χ0) is 14.5. The Morgan fingerprint density at radius 2 is 2.10 bits per heavy atom. The van der Waals surface area contributed by atoms with Gasteiger partial charge in [0.05, 0.1) is 14.1 Å². The van der Waals surface area contributed by atoms with Gasteiger partial charge in [0.25, 0.3) is 0 Å². The minimum Gasteiger partial charge on any atom is -0.321 e. The molecule has 116 valence electrons. The molecule has 0 aromatic carbocycles. The lowest BCUT2D eigenvalue weighted by Crippen LogP contribution is -2.48. The van der Waals surface area contributed by atoms with Gasteiger partial charge in [-0.15, -0.1) is 12.4 Å². The first-order valence-corrected chi connectivity index (χ1v) is 6.57. The Balaban J connectivity index is 0.00000361. The fourth-order valence-electron chi connectivity index (χ4n) is 2.10. The number of carbonyl (C=O) groups is 1. The van der Waals surface area contributed by atoms with Crippen molar-refractivity contribution in [2.24, 2.45) is 0 Å². The molecule has 1 unspecified atom stereocenters. The summed E-state index contributed by atoms with van der Waals surface area (Å²) in [7, 11) is 4.08. The van der Waals surface area contributed by atoms with Gasteiger partial charge in [0, 0.05) is 28.1 Å². The average molecular weight is 309 g/mol. The van der Waals surface area contributed by atoms with Crippen LogP contribution in [0.5, 0.6) is 0 Å². The molecule has 1 aliphatic heterocycles. The fourth-order valence-corrected chi connectivity index (χ4v) is 2.10. The highest BCUT2D eigenvalue weighted by molar-refractivity contribution is 5.86. The van der Waals surface area contributed by atoms with Crippen LogP contribution in [-0.4, -0.2) is 61.6 Å². The Hall–Kier alpha value is -0.980. The van der Waals surface area contributed by atoms with Crippen LogP contribution >= 0.6 is 12.4 Å². The molecule has 0 bridgehead atoms. The third-order valence-corrected chi connectivity index (χ3v) is 3.29. The summed E-state index contributed by atoms with van der Waals surface area (Å²) >= 11 is 0. The van der Waals surface area contributed by atoms with Gasteiger partial charge in [0.1, 0.15) is 19.7 Å². The van der Waals surface area contributed by atoms with Crippen LogP contribution in [-0.2, 0) is 14.6 Å². The van der Waals surface area contributed by atoms with E-state index in [1.165, 1.54) is 4.76 Å². The van der Waals surface area contributed by atoms with Crippen LogP contribution < -0.4 is 0 Å². The molecule has 1 heterocycles. The van der Waals surface area contributed by atoms with Crippen LogP contribution in [0, 0.1) is 4.91 Å². The van der Waals surface area contributed by atoms with Gasteiger partial charge in [-0.1, -0.05) is 6.58 Å². The van der Waals surface area contributed by atoms with E-state index in [0.717, 1.165) is 19.4 Å². The molecule has 1 saturated heterocycles. The van der Waals surface area contributed by atoms with E-state index in [1.807, 2.05) is 14.1 Å². The molecular weight excluding hydrogens is 284 g/mol. The summed E-state index contributed by atoms with van der Waals surface area (Å²) in [4.78, 5) is 32.1. The quantitative estimate of drug-likeness (QED) is 0.178. The molecule has 0 amide bonds. The van der Waals surface area contributed by atoms with Crippen molar-refractivity contribution in [1.29, 1.82) is 0 Å². The van der Waals surface area contributed by atoms with Crippen LogP contribution in [0.3, 0.4) is 0 Å². The first-order chi connectivity index (χ1) is 8.82. The molecule has 0 spiro atoms. The molecule has 6 nitrogen and oxygen atoms in total. The first kappa shape index (κ1) is 19.0. The normalized spacial score (nSPS) is 18.6. The number of quaternary nitrogens is 1. The van der Waals surface area contributed by atoms with Gasteiger partial charge in [-0.25, -0.2) is 4.79 Å². The number of carbonyl (C=O) groups excluding carboxylic acids is 1. The monoisotopic (exact) mass is 308 g/mol. The third kappa shape index (κ3) is 6.45. The topological polar surface area (TPSA) is 55.6 Å². The van der Waals surface area contributed by atoms with Crippen molar-refractivity contribution < 1.29 is 23.8 Å².